The predicted molar refractivity (Wildman–Crippen MR) is 91.7 cm³/mol. The molecule has 2 aromatic heterocycles. The quantitative estimate of drug-likeness (QED) is 0.707. The number of rotatable bonds is 5. The van der Waals surface area contributed by atoms with Gasteiger partial charge in [0, 0.05) is 17.3 Å². The molecule has 0 unspecified atom stereocenters. The molecule has 2 heterocycles. The van der Waals surface area contributed by atoms with E-state index in [0.717, 1.165) is 5.56 Å². The van der Waals surface area contributed by atoms with Gasteiger partial charge >= 0.3 is 0 Å². The molecule has 126 valence electrons. The number of pyridine rings is 2. The van der Waals surface area contributed by atoms with Crippen LogP contribution in [-0.2, 0) is 6.61 Å². The van der Waals surface area contributed by atoms with Crippen molar-refractivity contribution in [1.29, 1.82) is 0 Å². The van der Waals surface area contributed by atoms with Gasteiger partial charge in [-0.05, 0) is 29.8 Å². The van der Waals surface area contributed by atoms with Crippen LogP contribution in [0.1, 0.15) is 16.1 Å². The summed E-state index contributed by atoms with van der Waals surface area (Å²) in [6.45, 7) is 0.232. The topological polar surface area (TPSA) is 78.1 Å². The molecule has 5 nitrogen and oxygen atoms in total. The van der Waals surface area contributed by atoms with E-state index >= 15 is 0 Å². The van der Waals surface area contributed by atoms with Crippen LogP contribution in [0.2, 0.25) is 5.15 Å². The summed E-state index contributed by atoms with van der Waals surface area (Å²) in [6.07, 6.45) is 3.02. The number of carbonyl (C=O) groups is 1. The summed E-state index contributed by atoms with van der Waals surface area (Å²) in [5.41, 5.74) is 7.47. The smallest absolute Gasteiger partial charge is 0.267 e. The zero-order chi connectivity index (χ0) is 17.8. The number of ether oxygens (including phenoxy) is 1. The van der Waals surface area contributed by atoms with Crippen LogP contribution < -0.4 is 10.5 Å². The van der Waals surface area contributed by atoms with Gasteiger partial charge in [0.05, 0.1) is 6.20 Å². The molecule has 0 aliphatic rings. The maximum atomic E-state index is 13.2. The summed E-state index contributed by atoms with van der Waals surface area (Å²) in [5.74, 6) is -0.578. The number of hydrogen-bond acceptors (Lipinski definition) is 4. The summed E-state index contributed by atoms with van der Waals surface area (Å²) in [6, 6.07) is 10.8. The molecule has 3 rings (SSSR count). The summed E-state index contributed by atoms with van der Waals surface area (Å²) in [7, 11) is 0. The monoisotopic (exact) mass is 357 g/mol. The molecule has 0 radical (unpaired) electrons. The number of benzene rings is 1. The Morgan fingerprint density at radius 1 is 1.12 bits per heavy atom. The Morgan fingerprint density at radius 3 is 2.52 bits per heavy atom. The van der Waals surface area contributed by atoms with Crippen molar-refractivity contribution in [2.24, 2.45) is 5.73 Å². The summed E-state index contributed by atoms with van der Waals surface area (Å²) < 4.78 is 19.0. The van der Waals surface area contributed by atoms with Gasteiger partial charge in [-0.15, -0.1) is 0 Å². The lowest BCUT2D eigenvalue weighted by Crippen LogP contribution is -2.13. The molecule has 0 aliphatic carbocycles. The van der Waals surface area contributed by atoms with Crippen LogP contribution in [0, 0.1) is 5.82 Å². The first-order valence-electron chi connectivity index (χ1n) is 7.32. The minimum atomic E-state index is -0.656. The molecule has 0 bridgehead atoms. The first kappa shape index (κ1) is 16.9. The third kappa shape index (κ3) is 4.10. The van der Waals surface area contributed by atoms with Gasteiger partial charge in [0.2, 0.25) is 0 Å². The van der Waals surface area contributed by atoms with Crippen LogP contribution in [0.5, 0.6) is 5.75 Å². The zero-order valence-corrected chi connectivity index (χ0v) is 13.7. The molecule has 0 saturated carbocycles. The van der Waals surface area contributed by atoms with Crippen molar-refractivity contribution in [3.8, 4) is 16.9 Å². The molecule has 0 saturated heterocycles. The first-order valence-corrected chi connectivity index (χ1v) is 7.70. The highest BCUT2D eigenvalue weighted by molar-refractivity contribution is 6.29. The second-order valence-corrected chi connectivity index (χ2v) is 5.60. The Bertz CT molecular complexity index is 899. The lowest BCUT2D eigenvalue weighted by molar-refractivity contribution is 0.0995. The van der Waals surface area contributed by atoms with Crippen LogP contribution in [0.3, 0.4) is 0 Å². The highest BCUT2D eigenvalue weighted by Crippen LogP contribution is 2.30. The molecule has 1 amide bonds. The van der Waals surface area contributed by atoms with Crippen molar-refractivity contribution in [2.45, 2.75) is 6.61 Å². The SMILES string of the molecule is NC(=O)c1cc(-c2ccc(F)cc2)c(OCc2ccc(Cl)nc2)cn1. The van der Waals surface area contributed by atoms with Gasteiger partial charge in [0.15, 0.2) is 0 Å². The minimum Gasteiger partial charge on any atom is -0.487 e. The number of amides is 1. The van der Waals surface area contributed by atoms with E-state index in [4.69, 9.17) is 22.1 Å². The third-order valence-corrected chi connectivity index (χ3v) is 3.68. The van der Waals surface area contributed by atoms with Gasteiger partial charge < -0.3 is 10.5 Å². The van der Waals surface area contributed by atoms with E-state index in [-0.39, 0.29) is 18.1 Å². The van der Waals surface area contributed by atoms with Crippen molar-refractivity contribution < 1.29 is 13.9 Å². The van der Waals surface area contributed by atoms with Crippen molar-refractivity contribution in [1.82, 2.24) is 9.97 Å². The average Bonchev–Trinajstić information content (AvgIpc) is 2.62. The van der Waals surface area contributed by atoms with E-state index in [2.05, 4.69) is 9.97 Å². The van der Waals surface area contributed by atoms with Crippen LogP contribution >= 0.6 is 11.6 Å². The predicted octanol–water partition coefficient (Wildman–Crippen LogP) is 3.61. The van der Waals surface area contributed by atoms with Crippen LogP contribution in [-0.4, -0.2) is 15.9 Å². The molecule has 0 aliphatic heterocycles. The summed E-state index contributed by atoms with van der Waals surface area (Å²) in [5, 5.41) is 0.392. The van der Waals surface area contributed by atoms with Gasteiger partial charge in [-0.1, -0.05) is 29.8 Å². The lowest BCUT2D eigenvalue weighted by Gasteiger charge is -2.12. The number of primary amides is 1. The largest absolute Gasteiger partial charge is 0.487 e. The first-order chi connectivity index (χ1) is 12.0. The fraction of sp³-hybridized carbons (Fsp3) is 0.0556. The second kappa shape index (κ2) is 7.27. The second-order valence-electron chi connectivity index (χ2n) is 5.21. The van der Waals surface area contributed by atoms with Crippen molar-refractivity contribution in [2.75, 3.05) is 0 Å². The maximum Gasteiger partial charge on any atom is 0.267 e. The molecule has 0 atom stereocenters. The Kier molecular flexibility index (Phi) is 4.90. The Morgan fingerprint density at radius 2 is 1.88 bits per heavy atom. The summed E-state index contributed by atoms with van der Waals surface area (Å²) >= 11 is 5.76. The average molecular weight is 358 g/mol. The van der Waals surface area contributed by atoms with E-state index < -0.39 is 5.91 Å². The third-order valence-electron chi connectivity index (χ3n) is 3.46. The van der Waals surface area contributed by atoms with Crippen LogP contribution in [0.4, 0.5) is 4.39 Å². The van der Waals surface area contributed by atoms with Crippen molar-refractivity contribution >= 4 is 17.5 Å². The molecule has 0 spiro atoms. The zero-order valence-electron chi connectivity index (χ0n) is 12.9. The fourth-order valence-corrected chi connectivity index (χ4v) is 2.31. The van der Waals surface area contributed by atoms with Crippen LogP contribution in [0.25, 0.3) is 11.1 Å². The van der Waals surface area contributed by atoms with E-state index in [1.807, 2.05) is 0 Å². The standard InChI is InChI=1S/C18H13ClFN3O2/c19-17-6-1-11(8-23-17)10-25-16-9-22-15(18(21)24)7-14(16)12-2-4-13(20)5-3-12/h1-9H,10H2,(H2,21,24). The Labute approximate surface area is 148 Å². The summed E-state index contributed by atoms with van der Waals surface area (Å²) in [4.78, 5) is 19.4. The Hall–Kier alpha value is -2.99. The number of hydrogen-bond donors (Lipinski definition) is 1. The van der Waals surface area contributed by atoms with E-state index in [1.54, 1.807) is 30.5 Å². The van der Waals surface area contributed by atoms with Gasteiger partial charge in [-0.25, -0.2) is 14.4 Å². The molecule has 7 heteroatoms. The van der Waals surface area contributed by atoms with Crippen molar-refractivity contribution in [3.05, 3.63) is 77.1 Å². The maximum absolute atomic E-state index is 13.2. The van der Waals surface area contributed by atoms with E-state index in [0.29, 0.717) is 22.0 Å². The lowest BCUT2D eigenvalue weighted by atomic mass is 10.0. The number of aromatic nitrogens is 2. The fourth-order valence-electron chi connectivity index (χ4n) is 2.20. The Balaban J connectivity index is 1.93. The molecular formula is C18H13ClFN3O2. The number of nitrogens with zero attached hydrogens (tertiary/aromatic N) is 2. The van der Waals surface area contributed by atoms with Gasteiger partial charge in [0.25, 0.3) is 5.91 Å². The van der Waals surface area contributed by atoms with E-state index in [1.165, 1.54) is 24.4 Å². The highest BCUT2D eigenvalue weighted by atomic mass is 35.5. The molecule has 25 heavy (non-hydrogen) atoms. The molecule has 3 aromatic rings. The molecule has 0 fully saturated rings. The normalized spacial score (nSPS) is 10.5. The van der Waals surface area contributed by atoms with Gasteiger partial charge in [-0.2, -0.15) is 0 Å². The molecule has 2 N–H and O–H groups in total. The van der Waals surface area contributed by atoms with Gasteiger partial charge in [0.1, 0.15) is 29.0 Å². The van der Waals surface area contributed by atoms with Crippen LogP contribution in [0.15, 0.2) is 54.9 Å². The number of halogens is 2. The van der Waals surface area contributed by atoms with Crippen molar-refractivity contribution in [3.63, 3.8) is 0 Å². The minimum absolute atomic E-state index is 0.0971. The highest BCUT2D eigenvalue weighted by Gasteiger charge is 2.12. The molecular weight excluding hydrogens is 345 g/mol. The van der Waals surface area contributed by atoms with Gasteiger partial charge in [-0.3, -0.25) is 4.79 Å². The van der Waals surface area contributed by atoms with E-state index in [9.17, 15) is 9.18 Å². The number of nitrogens with two attached hydrogens (primary N) is 1. The molecule has 1 aromatic carbocycles. The number of carbonyl (C=O) groups excluding carboxylic acids is 1.